The maximum atomic E-state index is 11.6. The second-order valence-electron chi connectivity index (χ2n) is 3.55. The van der Waals surface area contributed by atoms with Crippen LogP contribution in [0.5, 0.6) is 0 Å². The van der Waals surface area contributed by atoms with E-state index >= 15 is 0 Å². The highest BCUT2D eigenvalue weighted by molar-refractivity contribution is 5.96. The topological polar surface area (TPSA) is 67.0 Å². The number of benzene rings is 1. The number of aromatic nitrogens is 2. The fraction of sp³-hybridized carbons (Fsp3) is 0.167. The first-order valence-electron chi connectivity index (χ1n) is 5.17. The van der Waals surface area contributed by atoms with Crippen LogP contribution in [-0.4, -0.2) is 23.3 Å². The normalized spacial score (nSPS) is 10.0. The van der Waals surface area contributed by atoms with Crippen molar-refractivity contribution in [3.63, 3.8) is 0 Å². The highest BCUT2D eigenvalue weighted by Gasteiger charge is 2.18. The van der Waals surface area contributed by atoms with Crippen LogP contribution in [-0.2, 0) is 4.74 Å². The summed E-state index contributed by atoms with van der Waals surface area (Å²) >= 11 is 0. The van der Waals surface area contributed by atoms with Crippen molar-refractivity contribution in [3.05, 3.63) is 41.6 Å². The van der Waals surface area contributed by atoms with E-state index in [0.29, 0.717) is 17.1 Å². The van der Waals surface area contributed by atoms with Crippen molar-refractivity contribution in [1.82, 2.24) is 10.2 Å². The molecule has 0 aliphatic carbocycles. The molecule has 0 aliphatic rings. The molecule has 0 saturated heterocycles. The van der Waals surface area contributed by atoms with E-state index in [2.05, 4.69) is 15.5 Å². The summed E-state index contributed by atoms with van der Waals surface area (Å²) in [4.78, 5) is 11.6. The molecule has 88 valence electrons. The molecule has 0 radical (unpaired) electrons. The summed E-state index contributed by atoms with van der Waals surface area (Å²) < 4.78 is 4.71. The van der Waals surface area contributed by atoms with Crippen LogP contribution < -0.4 is 5.32 Å². The zero-order chi connectivity index (χ0) is 12.3. The molecule has 1 aromatic heterocycles. The van der Waals surface area contributed by atoms with Gasteiger partial charge in [0.15, 0.2) is 5.82 Å². The van der Waals surface area contributed by atoms with Crippen LogP contribution in [0.25, 0.3) is 0 Å². The van der Waals surface area contributed by atoms with E-state index in [0.717, 1.165) is 5.69 Å². The van der Waals surface area contributed by atoms with Gasteiger partial charge in [0.05, 0.1) is 7.11 Å². The van der Waals surface area contributed by atoms with E-state index in [4.69, 9.17) is 4.74 Å². The van der Waals surface area contributed by atoms with Crippen molar-refractivity contribution in [2.75, 3.05) is 12.4 Å². The Labute approximate surface area is 98.8 Å². The first-order chi connectivity index (χ1) is 8.22. The highest BCUT2D eigenvalue weighted by Crippen LogP contribution is 2.21. The van der Waals surface area contributed by atoms with Crippen molar-refractivity contribution >= 4 is 17.5 Å². The summed E-state index contributed by atoms with van der Waals surface area (Å²) in [7, 11) is 1.35. The van der Waals surface area contributed by atoms with Crippen molar-refractivity contribution in [1.29, 1.82) is 0 Å². The molecule has 1 heterocycles. The van der Waals surface area contributed by atoms with Gasteiger partial charge in [-0.1, -0.05) is 18.2 Å². The number of aryl methyl sites for hydroxylation is 1. The van der Waals surface area contributed by atoms with Gasteiger partial charge in [-0.05, 0) is 19.1 Å². The Balaban J connectivity index is 2.31. The molecule has 0 unspecified atom stereocenters. The molecule has 0 fully saturated rings. The van der Waals surface area contributed by atoms with Gasteiger partial charge >= 0.3 is 5.97 Å². The molecule has 2 N–H and O–H groups in total. The number of para-hydroxylation sites is 1. The number of nitrogens with one attached hydrogen (secondary N) is 2. The zero-order valence-electron chi connectivity index (χ0n) is 9.65. The van der Waals surface area contributed by atoms with E-state index < -0.39 is 5.97 Å². The molecule has 5 nitrogen and oxygen atoms in total. The minimum atomic E-state index is -0.408. The van der Waals surface area contributed by atoms with Crippen LogP contribution in [0.3, 0.4) is 0 Å². The smallest absolute Gasteiger partial charge is 0.343 e. The maximum Gasteiger partial charge on any atom is 0.343 e. The molecule has 2 rings (SSSR count). The highest BCUT2D eigenvalue weighted by atomic mass is 16.5. The SMILES string of the molecule is COC(=O)c1c(Nc2ccccc2)n[nH]c1C. The number of anilines is 2. The van der Waals surface area contributed by atoms with Crippen LogP contribution in [0.4, 0.5) is 11.5 Å². The predicted molar refractivity (Wildman–Crippen MR) is 64.4 cm³/mol. The van der Waals surface area contributed by atoms with Gasteiger partial charge < -0.3 is 10.1 Å². The second kappa shape index (κ2) is 4.69. The second-order valence-corrected chi connectivity index (χ2v) is 3.55. The summed E-state index contributed by atoms with van der Waals surface area (Å²) in [5.41, 5.74) is 1.97. The third kappa shape index (κ3) is 2.28. The number of nitrogens with zero attached hydrogens (tertiary/aromatic N) is 1. The van der Waals surface area contributed by atoms with Gasteiger partial charge in [-0.25, -0.2) is 4.79 Å². The van der Waals surface area contributed by atoms with Crippen molar-refractivity contribution in [3.8, 4) is 0 Å². The van der Waals surface area contributed by atoms with Gasteiger partial charge in [0, 0.05) is 11.4 Å². The minimum Gasteiger partial charge on any atom is -0.465 e. The number of carbonyl (C=O) groups is 1. The molecular formula is C12H13N3O2. The lowest BCUT2D eigenvalue weighted by molar-refractivity contribution is 0.0601. The number of ether oxygens (including phenoxy) is 1. The number of esters is 1. The van der Waals surface area contributed by atoms with Crippen molar-refractivity contribution in [2.24, 2.45) is 0 Å². The first kappa shape index (κ1) is 11.2. The lowest BCUT2D eigenvalue weighted by Gasteiger charge is -2.05. The molecule has 0 spiro atoms. The summed E-state index contributed by atoms with van der Waals surface area (Å²) in [5, 5.41) is 9.87. The largest absolute Gasteiger partial charge is 0.465 e. The van der Waals surface area contributed by atoms with E-state index in [9.17, 15) is 4.79 Å². The first-order valence-corrected chi connectivity index (χ1v) is 5.17. The van der Waals surface area contributed by atoms with E-state index in [-0.39, 0.29) is 0 Å². The third-order valence-electron chi connectivity index (χ3n) is 2.37. The molecule has 0 aliphatic heterocycles. The molecule has 2 aromatic rings. The van der Waals surface area contributed by atoms with E-state index in [1.54, 1.807) is 6.92 Å². The average Bonchev–Trinajstić information content (AvgIpc) is 2.71. The van der Waals surface area contributed by atoms with E-state index in [1.165, 1.54) is 7.11 Å². The quantitative estimate of drug-likeness (QED) is 0.795. The fourth-order valence-corrected chi connectivity index (χ4v) is 1.53. The Morgan fingerprint density at radius 2 is 2.06 bits per heavy atom. The lowest BCUT2D eigenvalue weighted by atomic mass is 10.2. The predicted octanol–water partition coefficient (Wildman–Crippen LogP) is 2.25. The number of aromatic amines is 1. The molecular weight excluding hydrogens is 218 g/mol. The van der Waals surface area contributed by atoms with Gasteiger partial charge in [-0.2, -0.15) is 5.10 Å². The van der Waals surface area contributed by atoms with Gasteiger partial charge in [0.25, 0.3) is 0 Å². The Morgan fingerprint density at radius 1 is 1.35 bits per heavy atom. The minimum absolute atomic E-state index is 0.408. The molecule has 0 saturated carbocycles. The molecule has 0 amide bonds. The summed E-state index contributed by atoms with van der Waals surface area (Å²) in [6.45, 7) is 1.77. The van der Waals surface area contributed by atoms with Gasteiger partial charge in [-0.3, -0.25) is 5.10 Å². The van der Waals surface area contributed by atoms with Crippen molar-refractivity contribution < 1.29 is 9.53 Å². The molecule has 0 bridgehead atoms. The summed E-state index contributed by atoms with van der Waals surface area (Å²) in [6.07, 6.45) is 0. The number of carbonyl (C=O) groups excluding carboxylic acids is 1. The van der Waals surface area contributed by atoms with Crippen molar-refractivity contribution in [2.45, 2.75) is 6.92 Å². The van der Waals surface area contributed by atoms with E-state index in [1.807, 2.05) is 30.3 Å². The zero-order valence-corrected chi connectivity index (χ0v) is 9.65. The third-order valence-corrected chi connectivity index (χ3v) is 2.37. The average molecular weight is 231 g/mol. The molecule has 0 atom stereocenters. The number of hydrogen-bond acceptors (Lipinski definition) is 4. The van der Waals surface area contributed by atoms with Crippen LogP contribution in [0.2, 0.25) is 0 Å². The maximum absolute atomic E-state index is 11.6. The van der Waals surface area contributed by atoms with Crippen LogP contribution in [0.1, 0.15) is 16.1 Å². The van der Waals surface area contributed by atoms with Gasteiger partial charge in [0.1, 0.15) is 5.56 Å². The number of methoxy groups -OCH3 is 1. The molecule has 1 aromatic carbocycles. The molecule has 17 heavy (non-hydrogen) atoms. The Morgan fingerprint density at radius 3 is 2.71 bits per heavy atom. The summed E-state index contributed by atoms with van der Waals surface area (Å²) in [5.74, 6) is 0.0650. The van der Waals surface area contributed by atoms with Crippen LogP contribution in [0.15, 0.2) is 30.3 Å². The van der Waals surface area contributed by atoms with Crippen LogP contribution >= 0.6 is 0 Å². The Hall–Kier alpha value is -2.30. The molecule has 5 heteroatoms. The van der Waals surface area contributed by atoms with Gasteiger partial charge in [-0.15, -0.1) is 0 Å². The number of H-pyrrole nitrogens is 1. The Kier molecular flexibility index (Phi) is 3.09. The fourth-order valence-electron chi connectivity index (χ4n) is 1.53. The number of hydrogen-bond donors (Lipinski definition) is 2. The standard InChI is InChI=1S/C12H13N3O2/c1-8-10(12(16)17-2)11(15-14-8)13-9-6-4-3-5-7-9/h3-7H,1-2H3,(H2,13,14,15). The van der Waals surface area contributed by atoms with Gasteiger partial charge in [0.2, 0.25) is 0 Å². The summed E-state index contributed by atoms with van der Waals surface area (Å²) in [6, 6.07) is 9.51. The lowest BCUT2D eigenvalue weighted by Crippen LogP contribution is -2.05. The van der Waals surface area contributed by atoms with Crippen LogP contribution in [0, 0.1) is 6.92 Å². The Bertz CT molecular complexity index is 520. The monoisotopic (exact) mass is 231 g/mol. The number of rotatable bonds is 3.